The number of halogens is 1. The van der Waals surface area contributed by atoms with Crippen molar-refractivity contribution in [1.29, 1.82) is 0 Å². The van der Waals surface area contributed by atoms with Crippen LogP contribution in [0.5, 0.6) is 0 Å². The Bertz CT molecular complexity index is 350. The Kier molecular flexibility index (Phi) is 5.59. The zero-order valence-corrected chi connectivity index (χ0v) is 9.56. The lowest BCUT2D eigenvalue weighted by molar-refractivity contribution is -0.146. The molecule has 0 amide bonds. The van der Waals surface area contributed by atoms with Crippen molar-refractivity contribution in [2.45, 2.75) is 19.6 Å². The molecule has 0 bridgehead atoms. The number of carbonyl (C=O) groups is 1. The second kappa shape index (κ2) is 6.98. The van der Waals surface area contributed by atoms with Crippen LogP contribution in [0.1, 0.15) is 12.5 Å². The van der Waals surface area contributed by atoms with E-state index < -0.39 is 12.1 Å². The molecule has 5 heteroatoms. The number of benzene rings is 1. The first kappa shape index (κ1) is 13.6. The molecule has 4 nitrogen and oxygen atoms in total. The molecule has 1 N–H and O–H groups in total. The molecule has 1 aromatic rings. The van der Waals surface area contributed by atoms with Gasteiger partial charge in [-0.1, -0.05) is 12.1 Å². The molecule has 0 saturated carbocycles. The zero-order valence-electron chi connectivity index (χ0n) is 9.56. The summed E-state index contributed by atoms with van der Waals surface area (Å²) in [5, 5.41) is 8.98. The summed E-state index contributed by atoms with van der Waals surface area (Å²) in [6.07, 6.45) is -0.566. The molecule has 94 valence electrons. The lowest BCUT2D eigenvalue weighted by atomic mass is 10.2. The summed E-state index contributed by atoms with van der Waals surface area (Å²) in [7, 11) is 0. The minimum absolute atomic E-state index is 0.00697. The van der Waals surface area contributed by atoms with Gasteiger partial charge in [0.1, 0.15) is 18.5 Å². The summed E-state index contributed by atoms with van der Waals surface area (Å²) in [5.74, 6) is -0.735. The van der Waals surface area contributed by atoms with E-state index in [1.807, 2.05) is 0 Å². The molecule has 0 aliphatic rings. The molecule has 1 rings (SSSR count). The third-order valence-electron chi connectivity index (χ3n) is 2.08. The largest absolute Gasteiger partial charge is 0.463 e. The van der Waals surface area contributed by atoms with E-state index in [1.54, 1.807) is 12.1 Å². The highest BCUT2D eigenvalue weighted by Gasteiger charge is 2.09. The van der Waals surface area contributed by atoms with Gasteiger partial charge in [-0.3, -0.25) is 4.79 Å². The lowest BCUT2D eigenvalue weighted by Crippen LogP contribution is -2.25. The van der Waals surface area contributed by atoms with Crippen molar-refractivity contribution in [2.75, 3.05) is 13.2 Å². The standard InChI is InChI=1S/C12H15FO4/c1-9(15)16-8-12(6-14)17-7-10-2-4-11(13)5-3-10/h2-5,12,14H,6-8H2,1H3/t12-/m1/s1. The highest BCUT2D eigenvalue weighted by atomic mass is 19.1. The Labute approximate surface area is 99.0 Å². The fraction of sp³-hybridized carbons (Fsp3) is 0.417. The Morgan fingerprint density at radius 2 is 2.06 bits per heavy atom. The maximum Gasteiger partial charge on any atom is 0.302 e. The minimum atomic E-state index is -0.566. The van der Waals surface area contributed by atoms with Crippen molar-refractivity contribution in [3.05, 3.63) is 35.6 Å². The Balaban J connectivity index is 2.36. The Morgan fingerprint density at radius 3 is 2.59 bits per heavy atom. The lowest BCUT2D eigenvalue weighted by Gasteiger charge is -2.15. The second-order valence-electron chi connectivity index (χ2n) is 3.54. The van der Waals surface area contributed by atoms with Crippen LogP contribution < -0.4 is 0 Å². The normalized spacial score (nSPS) is 12.2. The van der Waals surface area contributed by atoms with E-state index in [-0.39, 0.29) is 25.6 Å². The molecule has 0 aliphatic heterocycles. The van der Waals surface area contributed by atoms with Crippen LogP contribution in [-0.2, 0) is 20.9 Å². The van der Waals surface area contributed by atoms with Gasteiger partial charge in [0.25, 0.3) is 0 Å². The predicted molar refractivity (Wildman–Crippen MR) is 58.7 cm³/mol. The van der Waals surface area contributed by atoms with E-state index in [0.717, 1.165) is 5.56 Å². The van der Waals surface area contributed by atoms with Gasteiger partial charge in [0.2, 0.25) is 0 Å². The maximum atomic E-state index is 12.6. The second-order valence-corrected chi connectivity index (χ2v) is 3.54. The van der Waals surface area contributed by atoms with Crippen molar-refractivity contribution in [3.63, 3.8) is 0 Å². The molecular weight excluding hydrogens is 227 g/mol. The van der Waals surface area contributed by atoms with Crippen molar-refractivity contribution in [1.82, 2.24) is 0 Å². The molecule has 0 radical (unpaired) electrons. The molecule has 0 aromatic heterocycles. The van der Waals surface area contributed by atoms with Gasteiger partial charge in [-0.05, 0) is 17.7 Å². The molecule has 1 aromatic carbocycles. The number of carbonyl (C=O) groups excluding carboxylic acids is 1. The average molecular weight is 242 g/mol. The topological polar surface area (TPSA) is 55.8 Å². The number of esters is 1. The third-order valence-corrected chi connectivity index (χ3v) is 2.08. The number of ether oxygens (including phenoxy) is 2. The van der Waals surface area contributed by atoms with E-state index in [0.29, 0.717) is 0 Å². The Morgan fingerprint density at radius 1 is 1.41 bits per heavy atom. The quantitative estimate of drug-likeness (QED) is 0.763. The molecule has 0 aliphatic carbocycles. The van der Waals surface area contributed by atoms with Crippen LogP contribution in [0, 0.1) is 5.82 Å². The van der Waals surface area contributed by atoms with Crippen LogP contribution in [0.25, 0.3) is 0 Å². The monoisotopic (exact) mass is 242 g/mol. The molecule has 1 atom stereocenters. The van der Waals surface area contributed by atoms with E-state index in [2.05, 4.69) is 0 Å². The summed E-state index contributed by atoms with van der Waals surface area (Å²) >= 11 is 0. The summed E-state index contributed by atoms with van der Waals surface area (Å²) in [6.45, 7) is 1.28. The fourth-order valence-corrected chi connectivity index (χ4v) is 1.16. The van der Waals surface area contributed by atoms with Crippen molar-refractivity contribution in [2.24, 2.45) is 0 Å². The summed E-state index contributed by atoms with van der Waals surface area (Å²) in [6, 6.07) is 5.85. The molecule has 17 heavy (non-hydrogen) atoms. The molecule has 0 fully saturated rings. The fourth-order valence-electron chi connectivity index (χ4n) is 1.16. The first-order valence-electron chi connectivity index (χ1n) is 5.22. The number of aliphatic hydroxyl groups excluding tert-OH is 1. The van der Waals surface area contributed by atoms with Crippen LogP contribution in [0.4, 0.5) is 4.39 Å². The van der Waals surface area contributed by atoms with Gasteiger partial charge in [-0.15, -0.1) is 0 Å². The smallest absolute Gasteiger partial charge is 0.302 e. The molecular formula is C12H15FO4. The van der Waals surface area contributed by atoms with E-state index in [9.17, 15) is 9.18 Å². The number of hydrogen-bond acceptors (Lipinski definition) is 4. The number of aliphatic hydroxyl groups is 1. The molecule has 0 heterocycles. The van der Waals surface area contributed by atoms with Crippen molar-refractivity contribution >= 4 is 5.97 Å². The highest BCUT2D eigenvalue weighted by Crippen LogP contribution is 2.06. The van der Waals surface area contributed by atoms with Crippen LogP contribution in [0.3, 0.4) is 0 Å². The van der Waals surface area contributed by atoms with Crippen LogP contribution in [0.2, 0.25) is 0 Å². The molecule has 0 saturated heterocycles. The summed E-state index contributed by atoms with van der Waals surface area (Å²) < 4.78 is 22.7. The summed E-state index contributed by atoms with van der Waals surface area (Å²) in [5.41, 5.74) is 0.785. The number of hydrogen-bond donors (Lipinski definition) is 1. The van der Waals surface area contributed by atoms with Gasteiger partial charge in [0, 0.05) is 6.92 Å². The highest BCUT2D eigenvalue weighted by molar-refractivity contribution is 5.65. The van der Waals surface area contributed by atoms with Crippen LogP contribution in [-0.4, -0.2) is 30.4 Å². The first-order chi connectivity index (χ1) is 8.11. The predicted octanol–water partition coefficient (Wildman–Crippen LogP) is 1.27. The van der Waals surface area contributed by atoms with Crippen molar-refractivity contribution in [3.8, 4) is 0 Å². The van der Waals surface area contributed by atoms with Gasteiger partial charge in [-0.25, -0.2) is 4.39 Å². The SMILES string of the molecule is CC(=O)OC[C@@H](CO)OCc1ccc(F)cc1. The zero-order chi connectivity index (χ0) is 12.7. The van der Waals surface area contributed by atoms with Gasteiger partial charge < -0.3 is 14.6 Å². The third kappa shape index (κ3) is 5.42. The average Bonchev–Trinajstić information content (AvgIpc) is 2.31. The molecule has 0 spiro atoms. The first-order valence-corrected chi connectivity index (χ1v) is 5.22. The summed E-state index contributed by atoms with van der Waals surface area (Å²) in [4.78, 5) is 10.6. The van der Waals surface area contributed by atoms with E-state index >= 15 is 0 Å². The maximum absolute atomic E-state index is 12.6. The van der Waals surface area contributed by atoms with Gasteiger partial charge in [-0.2, -0.15) is 0 Å². The Hall–Kier alpha value is -1.46. The van der Waals surface area contributed by atoms with Crippen LogP contribution >= 0.6 is 0 Å². The van der Waals surface area contributed by atoms with Crippen LogP contribution in [0.15, 0.2) is 24.3 Å². The van der Waals surface area contributed by atoms with Gasteiger partial charge in [0.15, 0.2) is 0 Å². The number of rotatable bonds is 6. The van der Waals surface area contributed by atoms with Crippen molar-refractivity contribution < 1.29 is 23.8 Å². The van der Waals surface area contributed by atoms with E-state index in [4.69, 9.17) is 14.6 Å². The van der Waals surface area contributed by atoms with Gasteiger partial charge in [0.05, 0.1) is 13.2 Å². The van der Waals surface area contributed by atoms with E-state index in [1.165, 1.54) is 19.1 Å². The molecule has 0 unspecified atom stereocenters. The van der Waals surface area contributed by atoms with Gasteiger partial charge >= 0.3 is 5.97 Å². The minimum Gasteiger partial charge on any atom is -0.463 e.